The number of nitrogens with zero attached hydrogens (tertiary/aromatic N) is 3. The van der Waals surface area contributed by atoms with E-state index >= 15 is 0 Å². The molecule has 96 valence electrons. The molecule has 4 heteroatoms. The second kappa shape index (κ2) is 5.78. The van der Waals surface area contributed by atoms with E-state index in [1.165, 1.54) is 11.1 Å². The molecule has 1 aromatic carbocycles. The number of aliphatic hydroxyl groups is 1. The molecule has 0 amide bonds. The van der Waals surface area contributed by atoms with Crippen LogP contribution in [0.3, 0.4) is 0 Å². The van der Waals surface area contributed by atoms with Crippen LogP contribution in [0.2, 0.25) is 0 Å². The zero-order chi connectivity index (χ0) is 13.0. The third kappa shape index (κ3) is 2.59. The molecule has 0 saturated heterocycles. The van der Waals surface area contributed by atoms with Gasteiger partial charge in [0.25, 0.3) is 0 Å². The zero-order valence-corrected chi connectivity index (χ0v) is 10.9. The summed E-state index contributed by atoms with van der Waals surface area (Å²) in [4.78, 5) is 4.27. The average Bonchev–Trinajstić information content (AvgIpc) is 2.84. The molecule has 0 bridgehead atoms. The van der Waals surface area contributed by atoms with Crippen molar-refractivity contribution < 1.29 is 5.11 Å². The summed E-state index contributed by atoms with van der Waals surface area (Å²) in [6, 6.07) is 8.17. The summed E-state index contributed by atoms with van der Waals surface area (Å²) >= 11 is 0. The van der Waals surface area contributed by atoms with Crippen LogP contribution in [0.25, 0.3) is 0 Å². The highest BCUT2D eigenvalue weighted by atomic mass is 16.3. The molecule has 0 aliphatic rings. The molecule has 0 aliphatic carbocycles. The van der Waals surface area contributed by atoms with Crippen molar-refractivity contribution in [2.24, 2.45) is 0 Å². The highest BCUT2D eigenvalue weighted by Gasteiger charge is 2.16. The Morgan fingerprint density at radius 1 is 1.33 bits per heavy atom. The van der Waals surface area contributed by atoms with Gasteiger partial charge in [0.05, 0.1) is 6.61 Å². The Bertz CT molecular complexity index is 507. The summed E-state index contributed by atoms with van der Waals surface area (Å²) in [5, 5.41) is 13.8. The first-order chi connectivity index (χ1) is 8.76. The van der Waals surface area contributed by atoms with Gasteiger partial charge in [0.15, 0.2) is 0 Å². The summed E-state index contributed by atoms with van der Waals surface area (Å²) in [5.41, 5.74) is 2.39. The minimum absolute atomic E-state index is 0.0840. The Morgan fingerprint density at radius 3 is 2.78 bits per heavy atom. The Labute approximate surface area is 107 Å². The normalized spacial score (nSPS) is 12.6. The summed E-state index contributed by atoms with van der Waals surface area (Å²) in [5.74, 6) is 1.01. The third-order valence-corrected chi connectivity index (χ3v) is 3.27. The Balaban J connectivity index is 2.23. The van der Waals surface area contributed by atoms with Crippen LogP contribution in [0.4, 0.5) is 0 Å². The lowest BCUT2D eigenvalue weighted by atomic mass is 9.92. The number of hydrogen-bond acceptors (Lipinski definition) is 3. The van der Waals surface area contributed by atoms with Crippen LogP contribution < -0.4 is 0 Å². The number of aliphatic hydroxyl groups excluding tert-OH is 1. The molecule has 0 saturated carbocycles. The van der Waals surface area contributed by atoms with Gasteiger partial charge in [-0.1, -0.05) is 24.3 Å². The van der Waals surface area contributed by atoms with Crippen molar-refractivity contribution in [1.29, 1.82) is 0 Å². The van der Waals surface area contributed by atoms with E-state index < -0.39 is 0 Å². The van der Waals surface area contributed by atoms with Crippen LogP contribution in [-0.2, 0) is 13.0 Å². The first kappa shape index (κ1) is 12.8. The van der Waals surface area contributed by atoms with Gasteiger partial charge in [0, 0.05) is 18.9 Å². The van der Waals surface area contributed by atoms with Gasteiger partial charge in [-0.15, -0.1) is 0 Å². The Morgan fingerprint density at radius 2 is 2.11 bits per heavy atom. The van der Waals surface area contributed by atoms with E-state index in [4.69, 9.17) is 0 Å². The second-order valence-electron chi connectivity index (χ2n) is 4.43. The topological polar surface area (TPSA) is 50.9 Å². The molecule has 0 fully saturated rings. The summed E-state index contributed by atoms with van der Waals surface area (Å²) in [7, 11) is 0. The molecular formula is C14H19N3O. The zero-order valence-electron chi connectivity index (χ0n) is 10.9. The number of benzene rings is 1. The van der Waals surface area contributed by atoms with Crippen molar-refractivity contribution in [1.82, 2.24) is 14.8 Å². The van der Waals surface area contributed by atoms with Crippen LogP contribution in [-0.4, -0.2) is 26.5 Å². The van der Waals surface area contributed by atoms with E-state index in [0.717, 1.165) is 18.8 Å². The van der Waals surface area contributed by atoms with Gasteiger partial charge in [0.2, 0.25) is 0 Å². The first-order valence-electron chi connectivity index (χ1n) is 6.29. The molecular weight excluding hydrogens is 226 g/mol. The lowest BCUT2D eigenvalue weighted by molar-refractivity contribution is 0.261. The molecule has 1 heterocycles. The van der Waals surface area contributed by atoms with Crippen molar-refractivity contribution in [2.75, 3.05) is 6.61 Å². The standard InChI is InChI=1S/C14H19N3O/c1-3-17-14(15-10-16-17)8-12(9-18)13-7-5-4-6-11(13)2/h4-7,10,12,18H,3,8-9H2,1-2H3. The van der Waals surface area contributed by atoms with E-state index in [9.17, 15) is 5.11 Å². The maximum Gasteiger partial charge on any atom is 0.138 e. The molecule has 1 N–H and O–H groups in total. The van der Waals surface area contributed by atoms with E-state index in [0.29, 0.717) is 0 Å². The molecule has 4 nitrogen and oxygen atoms in total. The molecule has 0 spiro atoms. The first-order valence-corrected chi connectivity index (χ1v) is 6.29. The second-order valence-corrected chi connectivity index (χ2v) is 4.43. The van der Waals surface area contributed by atoms with E-state index in [2.05, 4.69) is 29.1 Å². The fourth-order valence-corrected chi connectivity index (χ4v) is 2.25. The minimum Gasteiger partial charge on any atom is -0.396 e. The highest BCUT2D eigenvalue weighted by molar-refractivity contribution is 5.29. The third-order valence-electron chi connectivity index (χ3n) is 3.27. The van der Waals surface area contributed by atoms with Crippen molar-refractivity contribution >= 4 is 0 Å². The van der Waals surface area contributed by atoms with Crippen LogP contribution >= 0.6 is 0 Å². The highest BCUT2D eigenvalue weighted by Crippen LogP contribution is 2.22. The predicted molar refractivity (Wildman–Crippen MR) is 70.4 cm³/mol. The fourth-order valence-electron chi connectivity index (χ4n) is 2.25. The smallest absolute Gasteiger partial charge is 0.138 e. The van der Waals surface area contributed by atoms with Crippen molar-refractivity contribution in [3.05, 3.63) is 47.5 Å². The lowest BCUT2D eigenvalue weighted by Gasteiger charge is -2.16. The number of rotatable bonds is 5. The summed E-state index contributed by atoms with van der Waals surface area (Å²) in [6.07, 6.45) is 2.29. The van der Waals surface area contributed by atoms with Crippen molar-refractivity contribution in [3.63, 3.8) is 0 Å². The summed E-state index contributed by atoms with van der Waals surface area (Å²) in [6.45, 7) is 5.05. The van der Waals surface area contributed by atoms with Gasteiger partial charge >= 0.3 is 0 Å². The molecule has 1 atom stereocenters. The fraction of sp³-hybridized carbons (Fsp3) is 0.429. The van der Waals surface area contributed by atoms with Crippen LogP contribution in [0.5, 0.6) is 0 Å². The molecule has 18 heavy (non-hydrogen) atoms. The molecule has 2 rings (SSSR count). The number of aryl methyl sites for hydroxylation is 2. The van der Waals surface area contributed by atoms with Gasteiger partial charge in [0.1, 0.15) is 12.2 Å². The lowest BCUT2D eigenvalue weighted by Crippen LogP contribution is -2.13. The van der Waals surface area contributed by atoms with Crippen LogP contribution in [0, 0.1) is 6.92 Å². The molecule has 1 aromatic heterocycles. The number of hydrogen-bond donors (Lipinski definition) is 1. The van der Waals surface area contributed by atoms with Crippen molar-refractivity contribution in [2.45, 2.75) is 32.7 Å². The van der Waals surface area contributed by atoms with Crippen LogP contribution in [0.15, 0.2) is 30.6 Å². The average molecular weight is 245 g/mol. The van der Waals surface area contributed by atoms with Gasteiger partial charge < -0.3 is 5.11 Å². The maximum atomic E-state index is 9.61. The number of aromatic nitrogens is 3. The van der Waals surface area contributed by atoms with Gasteiger partial charge in [-0.25, -0.2) is 4.98 Å². The van der Waals surface area contributed by atoms with Crippen LogP contribution in [0.1, 0.15) is 29.8 Å². The molecule has 2 aromatic rings. The Hall–Kier alpha value is -1.68. The van der Waals surface area contributed by atoms with E-state index in [1.54, 1.807) is 6.33 Å². The predicted octanol–water partition coefficient (Wildman–Crippen LogP) is 1.93. The van der Waals surface area contributed by atoms with Gasteiger partial charge in [-0.2, -0.15) is 5.10 Å². The van der Waals surface area contributed by atoms with Gasteiger partial charge in [-0.05, 0) is 25.0 Å². The Kier molecular flexibility index (Phi) is 4.10. The maximum absolute atomic E-state index is 9.61. The monoisotopic (exact) mass is 245 g/mol. The van der Waals surface area contributed by atoms with E-state index in [-0.39, 0.29) is 12.5 Å². The van der Waals surface area contributed by atoms with Gasteiger partial charge in [-0.3, -0.25) is 4.68 Å². The molecule has 1 unspecified atom stereocenters. The molecule has 0 radical (unpaired) electrons. The molecule has 0 aliphatic heterocycles. The quantitative estimate of drug-likeness (QED) is 0.875. The van der Waals surface area contributed by atoms with Crippen molar-refractivity contribution in [3.8, 4) is 0 Å². The minimum atomic E-state index is 0.0840. The van der Waals surface area contributed by atoms with E-state index in [1.807, 2.05) is 23.7 Å². The largest absolute Gasteiger partial charge is 0.396 e. The summed E-state index contributed by atoms with van der Waals surface area (Å²) < 4.78 is 1.88. The SMILES string of the molecule is CCn1ncnc1CC(CO)c1ccccc1C.